The molecule has 1 fully saturated rings. The predicted molar refractivity (Wildman–Crippen MR) is 96.1 cm³/mol. The van der Waals surface area contributed by atoms with Crippen LogP contribution in [0.4, 0.5) is 10.1 Å². The van der Waals surface area contributed by atoms with E-state index in [-0.39, 0.29) is 23.9 Å². The topological polar surface area (TPSA) is 45.5 Å². The first-order valence-electron chi connectivity index (χ1n) is 8.74. The summed E-state index contributed by atoms with van der Waals surface area (Å²) < 4.78 is 19.2. The van der Waals surface area contributed by atoms with Crippen LogP contribution in [0.2, 0.25) is 0 Å². The van der Waals surface area contributed by atoms with E-state index in [1.807, 2.05) is 41.3 Å². The van der Waals surface area contributed by atoms with Crippen LogP contribution in [0.25, 0.3) is 11.3 Å². The van der Waals surface area contributed by atoms with Gasteiger partial charge in [-0.3, -0.25) is 4.79 Å². The van der Waals surface area contributed by atoms with Gasteiger partial charge in [-0.2, -0.15) is 0 Å². The van der Waals surface area contributed by atoms with Crippen LogP contribution in [0.1, 0.15) is 35.1 Å². The Balaban J connectivity index is 1.52. The fraction of sp³-hybridized carbons (Fsp3) is 0.190. The van der Waals surface area contributed by atoms with Crippen molar-refractivity contribution in [3.05, 3.63) is 77.8 Å². The number of anilines is 1. The third-order valence-electron chi connectivity index (χ3n) is 4.93. The number of amides is 1. The van der Waals surface area contributed by atoms with Crippen molar-refractivity contribution in [1.82, 2.24) is 4.90 Å². The summed E-state index contributed by atoms with van der Waals surface area (Å²) in [5.41, 5.74) is 2.32. The molecule has 5 heteroatoms. The fourth-order valence-corrected chi connectivity index (χ4v) is 3.48. The summed E-state index contributed by atoms with van der Waals surface area (Å²) >= 11 is 0. The van der Waals surface area contributed by atoms with E-state index in [4.69, 9.17) is 4.42 Å². The maximum atomic E-state index is 13.1. The normalized spacial score (nSPS) is 19.2. The Bertz CT molecular complexity index is 976. The number of hydrogen-bond donors (Lipinski definition) is 1. The number of halogens is 1. The molecule has 0 saturated heterocycles. The SMILES string of the molecule is O=C1c2ccccc2N[C@H](c2ccc(-c3ccc(F)cc3)o2)N1C1CC1. The Kier molecular flexibility index (Phi) is 3.35. The molecule has 2 aromatic carbocycles. The van der Waals surface area contributed by atoms with Gasteiger partial charge >= 0.3 is 0 Å². The van der Waals surface area contributed by atoms with Crippen LogP contribution >= 0.6 is 0 Å². The second kappa shape index (κ2) is 5.73. The summed E-state index contributed by atoms with van der Waals surface area (Å²) in [6.07, 6.45) is 1.69. The van der Waals surface area contributed by atoms with E-state index in [1.165, 1.54) is 12.1 Å². The average Bonchev–Trinajstić information content (AvgIpc) is 3.38. The van der Waals surface area contributed by atoms with Crippen molar-refractivity contribution in [2.75, 3.05) is 5.32 Å². The molecule has 5 rings (SSSR count). The first kappa shape index (κ1) is 15.2. The molecule has 0 radical (unpaired) electrons. The highest BCUT2D eigenvalue weighted by atomic mass is 19.1. The zero-order valence-electron chi connectivity index (χ0n) is 14.0. The van der Waals surface area contributed by atoms with Crippen LogP contribution in [-0.4, -0.2) is 16.8 Å². The van der Waals surface area contributed by atoms with Gasteiger partial charge < -0.3 is 14.6 Å². The second-order valence-corrected chi connectivity index (χ2v) is 6.74. The van der Waals surface area contributed by atoms with Crippen LogP contribution in [-0.2, 0) is 0 Å². The molecular weight excluding hydrogens is 331 g/mol. The van der Waals surface area contributed by atoms with Crippen molar-refractivity contribution >= 4 is 11.6 Å². The lowest BCUT2D eigenvalue weighted by atomic mass is 10.1. The molecule has 1 saturated carbocycles. The molecule has 1 aliphatic carbocycles. The molecule has 2 aliphatic rings. The summed E-state index contributed by atoms with van der Waals surface area (Å²) in [7, 11) is 0. The summed E-state index contributed by atoms with van der Waals surface area (Å²) in [6, 6.07) is 17.7. The predicted octanol–water partition coefficient (Wildman–Crippen LogP) is 4.81. The maximum absolute atomic E-state index is 13.1. The average molecular weight is 348 g/mol. The Morgan fingerprint density at radius 3 is 2.54 bits per heavy atom. The van der Waals surface area contributed by atoms with Crippen molar-refractivity contribution in [3.63, 3.8) is 0 Å². The van der Waals surface area contributed by atoms with E-state index in [1.54, 1.807) is 12.1 Å². The van der Waals surface area contributed by atoms with Gasteiger partial charge in [-0.25, -0.2) is 4.39 Å². The van der Waals surface area contributed by atoms with Gasteiger partial charge in [-0.1, -0.05) is 12.1 Å². The van der Waals surface area contributed by atoms with Gasteiger partial charge in [-0.15, -0.1) is 0 Å². The van der Waals surface area contributed by atoms with Gasteiger partial charge in [0.2, 0.25) is 0 Å². The third-order valence-corrected chi connectivity index (χ3v) is 4.93. The summed E-state index contributed by atoms with van der Waals surface area (Å²) in [4.78, 5) is 14.9. The Morgan fingerprint density at radius 1 is 1.00 bits per heavy atom. The first-order chi connectivity index (χ1) is 12.7. The Hall–Kier alpha value is -3.08. The third kappa shape index (κ3) is 2.47. The van der Waals surface area contributed by atoms with E-state index in [9.17, 15) is 9.18 Å². The lowest BCUT2D eigenvalue weighted by molar-refractivity contribution is 0.0646. The van der Waals surface area contributed by atoms with E-state index in [2.05, 4.69) is 5.32 Å². The smallest absolute Gasteiger partial charge is 0.258 e. The molecule has 1 aliphatic heterocycles. The number of nitrogens with one attached hydrogen (secondary N) is 1. The number of furan rings is 1. The summed E-state index contributed by atoms with van der Waals surface area (Å²) in [6.45, 7) is 0. The number of fused-ring (bicyclic) bond motifs is 1. The quantitative estimate of drug-likeness (QED) is 0.738. The number of hydrogen-bond acceptors (Lipinski definition) is 3. The minimum Gasteiger partial charge on any atom is -0.457 e. The van der Waals surface area contributed by atoms with Crippen molar-refractivity contribution in [3.8, 4) is 11.3 Å². The minimum atomic E-state index is -0.334. The van der Waals surface area contributed by atoms with Gasteiger partial charge in [0.1, 0.15) is 17.3 Å². The van der Waals surface area contributed by atoms with E-state index in [0.29, 0.717) is 17.1 Å². The number of carbonyl (C=O) groups excluding carboxylic acids is 1. The number of rotatable bonds is 3. The molecule has 26 heavy (non-hydrogen) atoms. The lowest BCUT2D eigenvalue weighted by Crippen LogP contribution is -2.44. The zero-order valence-corrected chi connectivity index (χ0v) is 14.0. The van der Waals surface area contributed by atoms with E-state index in [0.717, 1.165) is 24.1 Å². The number of para-hydroxylation sites is 1. The van der Waals surface area contributed by atoms with Crippen molar-refractivity contribution in [2.45, 2.75) is 25.0 Å². The standard InChI is InChI=1S/C21H17FN2O2/c22-14-7-5-13(6-8-14)18-11-12-19(26-18)20-23-17-4-2-1-3-16(17)21(25)24(20)15-9-10-15/h1-8,11-12,15,20,23H,9-10H2/t20-/m0/s1. The number of carbonyl (C=O) groups is 1. The zero-order chi connectivity index (χ0) is 17.7. The van der Waals surface area contributed by atoms with Crippen molar-refractivity contribution in [2.24, 2.45) is 0 Å². The van der Waals surface area contributed by atoms with Gasteiger partial charge in [0, 0.05) is 17.3 Å². The molecule has 1 atom stereocenters. The van der Waals surface area contributed by atoms with Crippen molar-refractivity contribution in [1.29, 1.82) is 0 Å². The molecule has 1 N–H and O–H groups in total. The summed E-state index contributed by atoms with van der Waals surface area (Å²) in [5, 5.41) is 3.44. The van der Waals surface area contributed by atoms with E-state index < -0.39 is 0 Å². The molecule has 0 unspecified atom stereocenters. The minimum absolute atomic E-state index is 0.0339. The Morgan fingerprint density at radius 2 is 1.77 bits per heavy atom. The first-order valence-corrected chi connectivity index (χ1v) is 8.74. The largest absolute Gasteiger partial charge is 0.457 e. The summed E-state index contributed by atoms with van der Waals surface area (Å²) in [5.74, 6) is 1.09. The molecule has 2 heterocycles. The molecule has 3 aromatic rings. The molecule has 0 bridgehead atoms. The van der Waals surface area contributed by atoms with Crippen LogP contribution < -0.4 is 5.32 Å². The molecular formula is C21H17FN2O2. The van der Waals surface area contributed by atoms with Crippen LogP contribution in [0.3, 0.4) is 0 Å². The van der Waals surface area contributed by atoms with Gasteiger partial charge in [-0.05, 0) is 61.4 Å². The van der Waals surface area contributed by atoms with Gasteiger partial charge in [0.25, 0.3) is 5.91 Å². The monoisotopic (exact) mass is 348 g/mol. The molecule has 130 valence electrons. The highest BCUT2D eigenvalue weighted by Crippen LogP contribution is 2.41. The maximum Gasteiger partial charge on any atom is 0.258 e. The lowest BCUT2D eigenvalue weighted by Gasteiger charge is -2.37. The Labute approximate surface area is 150 Å². The number of nitrogens with zero attached hydrogens (tertiary/aromatic N) is 1. The van der Waals surface area contributed by atoms with Gasteiger partial charge in [0.15, 0.2) is 6.17 Å². The van der Waals surface area contributed by atoms with Crippen LogP contribution in [0, 0.1) is 5.82 Å². The van der Waals surface area contributed by atoms with Crippen molar-refractivity contribution < 1.29 is 13.6 Å². The van der Waals surface area contributed by atoms with Gasteiger partial charge in [0.05, 0.1) is 5.56 Å². The highest BCUT2D eigenvalue weighted by molar-refractivity contribution is 6.02. The van der Waals surface area contributed by atoms with E-state index >= 15 is 0 Å². The fourth-order valence-electron chi connectivity index (χ4n) is 3.48. The highest BCUT2D eigenvalue weighted by Gasteiger charge is 2.43. The second-order valence-electron chi connectivity index (χ2n) is 6.74. The molecule has 1 amide bonds. The molecule has 1 aromatic heterocycles. The van der Waals surface area contributed by atoms with Crippen LogP contribution in [0.5, 0.6) is 0 Å². The van der Waals surface area contributed by atoms with Crippen LogP contribution in [0.15, 0.2) is 65.1 Å². The molecule has 4 nitrogen and oxygen atoms in total. The number of benzene rings is 2. The molecule has 0 spiro atoms.